The van der Waals surface area contributed by atoms with E-state index in [2.05, 4.69) is 10.3 Å². The number of aromatic nitrogens is 1. The van der Waals surface area contributed by atoms with Gasteiger partial charge in [-0.1, -0.05) is 30.3 Å². The van der Waals surface area contributed by atoms with Gasteiger partial charge in [-0.2, -0.15) is 10.5 Å². The molecule has 1 aromatic heterocycles. The zero-order chi connectivity index (χ0) is 12.1. The van der Waals surface area contributed by atoms with E-state index in [9.17, 15) is 0 Å². The van der Waals surface area contributed by atoms with E-state index in [0.717, 1.165) is 11.3 Å². The predicted octanol–water partition coefficient (Wildman–Crippen LogP) is 2.51. The van der Waals surface area contributed by atoms with E-state index in [1.54, 1.807) is 18.3 Å². The van der Waals surface area contributed by atoms with Crippen molar-refractivity contribution in [3.8, 4) is 23.5 Å². The Kier molecular flexibility index (Phi) is 3.00. The van der Waals surface area contributed by atoms with E-state index in [-0.39, 0.29) is 5.82 Å². The van der Waals surface area contributed by atoms with Crippen LogP contribution in [0.3, 0.4) is 0 Å². The summed E-state index contributed by atoms with van der Waals surface area (Å²) in [6, 6.07) is 15.0. The van der Waals surface area contributed by atoms with Crippen molar-refractivity contribution in [3.63, 3.8) is 0 Å². The van der Waals surface area contributed by atoms with Gasteiger partial charge in [0.1, 0.15) is 6.07 Å². The molecule has 17 heavy (non-hydrogen) atoms. The fourth-order valence-electron chi connectivity index (χ4n) is 1.47. The number of pyridine rings is 1. The summed E-state index contributed by atoms with van der Waals surface area (Å²) >= 11 is 0. The number of nitriles is 2. The van der Waals surface area contributed by atoms with Crippen molar-refractivity contribution in [3.05, 3.63) is 48.0 Å². The quantitative estimate of drug-likeness (QED) is 0.623. The number of anilines is 1. The lowest BCUT2D eigenvalue weighted by molar-refractivity contribution is 1.28. The Morgan fingerprint density at radius 2 is 1.76 bits per heavy atom. The first kappa shape index (κ1) is 10.7. The van der Waals surface area contributed by atoms with Crippen molar-refractivity contribution in [1.29, 1.82) is 10.5 Å². The van der Waals surface area contributed by atoms with Crippen molar-refractivity contribution in [2.24, 2.45) is 0 Å². The molecule has 4 heteroatoms. The highest BCUT2D eigenvalue weighted by Crippen LogP contribution is 2.20. The summed E-state index contributed by atoms with van der Waals surface area (Å²) in [5.74, 6) is 0.288. The van der Waals surface area contributed by atoms with Crippen LogP contribution in [0.15, 0.2) is 42.5 Å². The van der Waals surface area contributed by atoms with Gasteiger partial charge in [0.05, 0.1) is 11.3 Å². The lowest BCUT2D eigenvalue weighted by Gasteiger charge is -2.04. The van der Waals surface area contributed by atoms with E-state index in [1.807, 2.05) is 36.4 Å². The lowest BCUT2D eigenvalue weighted by Crippen LogP contribution is -1.97. The molecule has 4 nitrogen and oxygen atoms in total. The maximum Gasteiger partial charge on any atom is 0.182 e. The first-order valence-corrected chi connectivity index (χ1v) is 4.97. The Balaban J connectivity index is 2.49. The molecule has 0 saturated carbocycles. The summed E-state index contributed by atoms with van der Waals surface area (Å²) in [6.07, 6.45) is 1.77. The van der Waals surface area contributed by atoms with Crippen molar-refractivity contribution in [2.75, 3.05) is 5.32 Å². The molecule has 0 aliphatic rings. The van der Waals surface area contributed by atoms with Gasteiger partial charge in [-0.3, -0.25) is 5.32 Å². The van der Waals surface area contributed by atoms with Crippen LogP contribution in [-0.2, 0) is 0 Å². The normalized spacial score (nSPS) is 9.06. The van der Waals surface area contributed by atoms with Crippen LogP contribution in [0.25, 0.3) is 11.3 Å². The molecule has 0 atom stereocenters. The largest absolute Gasteiger partial charge is 0.276 e. The topological polar surface area (TPSA) is 72.5 Å². The standard InChI is InChI=1S/C13H8N4/c14-8-11-6-7-12(17-13(11)16-9-15)10-4-2-1-3-5-10/h1-7H,(H,16,17). The molecular weight excluding hydrogens is 212 g/mol. The molecule has 0 amide bonds. The fourth-order valence-corrected chi connectivity index (χ4v) is 1.47. The number of rotatable bonds is 2. The monoisotopic (exact) mass is 220 g/mol. The molecule has 0 spiro atoms. The molecule has 0 aliphatic carbocycles. The molecule has 1 N–H and O–H groups in total. The van der Waals surface area contributed by atoms with Gasteiger partial charge < -0.3 is 0 Å². The summed E-state index contributed by atoms with van der Waals surface area (Å²) in [5.41, 5.74) is 2.02. The Labute approximate surface area is 98.8 Å². The van der Waals surface area contributed by atoms with Gasteiger partial charge in [0.15, 0.2) is 12.0 Å². The molecule has 0 unspecified atom stereocenters. The van der Waals surface area contributed by atoms with Crippen LogP contribution in [-0.4, -0.2) is 4.98 Å². The highest BCUT2D eigenvalue weighted by molar-refractivity contribution is 5.65. The third kappa shape index (κ3) is 2.22. The van der Waals surface area contributed by atoms with Crippen LogP contribution < -0.4 is 5.32 Å². The van der Waals surface area contributed by atoms with Gasteiger partial charge >= 0.3 is 0 Å². The summed E-state index contributed by atoms with van der Waals surface area (Å²) in [6.45, 7) is 0. The first-order valence-electron chi connectivity index (χ1n) is 4.97. The molecule has 0 bridgehead atoms. The maximum absolute atomic E-state index is 8.87. The number of benzene rings is 1. The maximum atomic E-state index is 8.87. The zero-order valence-electron chi connectivity index (χ0n) is 8.88. The average Bonchev–Trinajstić information content (AvgIpc) is 2.40. The van der Waals surface area contributed by atoms with E-state index in [1.165, 1.54) is 0 Å². The van der Waals surface area contributed by atoms with Gasteiger partial charge in [-0.15, -0.1) is 0 Å². The summed E-state index contributed by atoms with van der Waals surface area (Å²) in [7, 11) is 0. The molecule has 0 aliphatic heterocycles. The Morgan fingerprint density at radius 1 is 1.00 bits per heavy atom. The SMILES string of the molecule is N#CNc1nc(-c2ccccc2)ccc1C#N. The minimum absolute atomic E-state index is 0.288. The Bertz CT molecular complexity index is 606. The molecule has 1 aromatic carbocycles. The van der Waals surface area contributed by atoms with Crippen LogP contribution >= 0.6 is 0 Å². The Morgan fingerprint density at radius 3 is 2.41 bits per heavy atom. The van der Waals surface area contributed by atoms with Crippen LogP contribution in [0.5, 0.6) is 0 Å². The second kappa shape index (κ2) is 4.78. The summed E-state index contributed by atoms with van der Waals surface area (Å²) in [4.78, 5) is 4.25. The highest BCUT2D eigenvalue weighted by atomic mass is 15.0. The minimum Gasteiger partial charge on any atom is -0.276 e. The van der Waals surface area contributed by atoms with Gasteiger partial charge in [-0.05, 0) is 12.1 Å². The smallest absolute Gasteiger partial charge is 0.182 e. The van der Waals surface area contributed by atoms with Gasteiger partial charge in [0.25, 0.3) is 0 Å². The molecule has 2 aromatic rings. The van der Waals surface area contributed by atoms with E-state index >= 15 is 0 Å². The fraction of sp³-hybridized carbons (Fsp3) is 0. The number of hydrogen-bond donors (Lipinski definition) is 1. The van der Waals surface area contributed by atoms with E-state index < -0.39 is 0 Å². The van der Waals surface area contributed by atoms with Crippen LogP contribution in [0.1, 0.15) is 5.56 Å². The van der Waals surface area contributed by atoms with Gasteiger partial charge in [0, 0.05) is 5.56 Å². The second-order valence-corrected chi connectivity index (χ2v) is 3.31. The second-order valence-electron chi connectivity index (χ2n) is 3.31. The van der Waals surface area contributed by atoms with Gasteiger partial charge in [-0.25, -0.2) is 4.98 Å². The molecule has 2 rings (SSSR count). The van der Waals surface area contributed by atoms with Gasteiger partial charge in [0.2, 0.25) is 0 Å². The van der Waals surface area contributed by atoms with E-state index in [4.69, 9.17) is 10.5 Å². The number of nitrogens with zero attached hydrogens (tertiary/aromatic N) is 3. The summed E-state index contributed by atoms with van der Waals surface area (Å²) < 4.78 is 0. The van der Waals surface area contributed by atoms with Crippen LogP contribution in [0.2, 0.25) is 0 Å². The molecule has 80 valence electrons. The zero-order valence-corrected chi connectivity index (χ0v) is 8.88. The third-order valence-corrected chi connectivity index (χ3v) is 2.26. The number of hydrogen-bond acceptors (Lipinski definition) is 4. The lowest BCUT2D eigenvalue weighted by atomic mass is 10.1. The van der Waals surface area contributed by atoms with Crippen molar-refractivity contribution in [2.45, 2.75) is 0 Å². The molecular formula is C13H8N4. The van der Waals surface area contributed by atoms with Crippen molar-refractivity contribution >= 4 is 5.82 Å². The van der Waals surface area contributed by atoms with Crippen molar-refractivity contribution in [1.82, 2.24) is 4.98 Å². The van der Waals surface area contributed by atoms with Crippen LogP contribution in [0.4, 0.5) is 5.82 Å². The molecule has 1 heterocycles. The number of nitrogens with one attached hydrogen (secondary N) is 1. The van der Waals surface area contributed by atoms with Crippen LogP contribution in [0, 0.1) is 22.8 Å². The average molecular weight is 220 g/mol. The van der Waals surface area contributed by atoms with E-state index in [0.29, 0.717) is 5.56 Å². The molecule has 0 radical (unpaired) electrons. The molecule has 0 fully saturated rings. The Hall–Kier alpha value is -2.85. The highest BCUT2D eigenvalue weighted by Gasteiger charge is 2.05. The third-order valence-electron chi connectivity index (χ3n) is 2.26. The van der Waals surface area contributed by atoms with Crippen molar-refractivity contribution < 1.29 is 0 Å². The first-order chi connectivity index (χ1) is 8.35. The molecule has 0 saturated heterocycles. The minimum atomic E-state index is 0.288. The predicted molar refractivity (Wildman–Crippen MR) is 63.6 cm³/mol. The summed E-state index contributed by atoms with van der Waals surface area (Å²) in [5, 5.41) is 19.9.